The zero-order chi connectivity index (χ0) is 12.5. The Kier molecular flexibility index (Phi) is 2.94. The van der Waals surface area contributed by atoms with Gasteiger partial charge in [0, 0.05) is 9.58 Å². The van der Waals surface area contributed by atoms with Gasteiger partial charge in [-0.05, 0) is 43.6 Å². The molecule has 2 aromatic heterocycles. The van der Waals surface area contributed by atoms with Crippen molar-refractivity contribution in [3.8, 4) is 0 Å². The number of benzene rings is 1. The van der Waals surface area contributed by atoms with E-state index in [2.05, 4.69) is 35.6 Å². The maximum atomic E-state index is 5.73. The fraction of sp³-hybridized carbons (Fsp3) is 0.200. The average molecular weight is 257 g/mol. The first-order valence-corrected chi connectivity index (χ1v) is 6.81. The van der Waals surface area contributed by atoms with E-state index in [4.69, 9.17) is 4.42 Å². The van der Waals surface area contributed by atoms with Crippen LogP contribution in [0.3, 0.4) is 0 Å². The second-order valence-corrected chi connectivity index (χ2v) is 5.47. The van der Waals surface area contributed by atoms with Gasteiger partial charge < -0.3 is 9.73 Å². The van der Waals surface area contributed by atoms with E-state index in [1.807, 2.05) is 37.4 Å². The average Bonchev–Trinajstić information content (AvgIpc) is 2.96. The SMILES string of the molecule is CNC(c1ccc(C)o1)c1cc2ccccc2s1. The van der Waals surface area contributed by atoms with Gasteiger partial charge in [-0.3, -0.25) is 0 Å². The van der Waals surface area contributed by atoms with E-state index >= 15 is 0 Å². The molecule has 0 aliphatic heterocycles. The maximum Gasteiger partial charge on any atom is 0.126 e. The second kappa shape index (κ2) is 4.59. The molecular weight excluding hydrogens is 242 g/mol. The van der Waals surface area contributed by atoms with Gasteiger partial charge in [0.1, 0.15) is 17.6 Å². The molecule has 1 unspecified atom stereocenters. The van der Waals surface area contributed by atoms with Crippen LogP contribution >= 0.6 is 11.3 Å². The molecule has 3 aromatic rings. The van der Waals surface area contributed by atoms with E-state index in [1.165, 1.54) is 15.0 Å². The molecule has 0 radical (unpaired) electrons. The summed E-state index contributed by atoms with van der Waals surface area (Å²) in [6, 6.07) is 14.9. The van der Waals surface area contributed by atoms with Crippen molar-refractivity contribution < 1.29 is 4.42 Å². The molecule has 3 rings (SSSR count). The minimum absolute atomic E-state index is 0.135. The molecule has 18 heavy (non-hydrogen) atoms. The largest absolute Gasteiger partial charge is 0.464 e. The molecule has 2 heterocycles. The van der Waals surface area contributed by atoms with Crippen molar-refractivity contribution >= 4 is 21.4 Å². The summed E-state index contributed by atoms with van der Waals surface area (Å²) in [5.41, 5.74) is 0. The number of nitrogens with one attached hydrogen (secondary N) is 1. The number of aryl methyl sites for hydroxylation is 1. The summed E-state index contributed by atoms with van der Waals surface area (Å²) >= 11 is 1.81. The summed E-state index contributed by atoms with van der Waals surface area (Å²) in [5, 5.41) is 4.62. The lowest BCUT2D eigenvalue weighted by molar-refractivity contribution is 0.446. The van der Waals surface area contributed by atoms with E-state index in [0.717, 1.165) is 11.5 Å². The van der Waals surface area contributed by atoms with Crippen LogP contribution in [0.5, 0.6) is 0 Å². The molecule has 1 atom stereocenters. The molecule has 3 heteroatoms. The Balaban J connectivity index is 2.05. The first-order chi connectivity index (χ1) is 8.78. The van der Waals surface area contributed by atoms with Gasteiger partial charge in [-0.15, -0.1) is 11.3 Å². The Morgan fingerprint density at radius 3 is 2.67 bits per heavy atom. The fourth-order valence-corrected chi connectivity index (χ4v) is 3.36. The summed E-state index contributed by atoms with van der Waals surface area (Å²) in [5.74, 6) is 1.92. The predicted octanol–water partition coefficient (Wildman–Crippen LogP) is 4.11. The lowest BCUT2D eigenvalue weighted by atomic mass is 10.1. The number of thiophene rings is 1. The topological polar surface area (TPSA) is 25.2 Å². The molecule has 0 spiro atoms. The summed E-state index contributed by atoms with van der Waals surface area (Å²) in [6.45, 7) is 1.97. The monoisotopic (exact) mass is 257 g/mol. The van der Waals surface area contributed by atoms with Gasteiger partial charge in [0.05, 0.1) is 0 Å². The molecule has 2 nitrogen and oxygen atoms in total. The predicted molar refractivity (Wildman–Crippen MR) is 76.2 cm³/mol. The van der Waals surface area contributed by atoms with Crippen LogP contribution in [0.1, 0.15) is 22.4 Å². The summed E-state index contributed by atoms with van der Waals surface area (Å²) in [6.07, 6.45) is 0. The zero-order valence-electron chi connectivity index (χ0n) is 10.4. The fourth-order valence-electron chi connectivity index (χ4n) is 2.18. The van der Waals surface area contributed by atoms with E-state index in [1.54, 1.807) is 0 Å². The van der Waals surface area contributed by atoms with Crippen molar-refractivity contribution in [1.82, 2.24) is 5.32 Å². The van der Waals surface area contributed by atoms with E-state index < -0.39 is 0 Å². The molecular formula is C15H15NOS. The van der Waals surface area contributed by atoms with Crippen LogP contribution in [-0.4, -0.2) is 7.05 Å². The Morgan fingerprint density at radius 1 is 1.17 bits per heavy atom. The Hall–Kier alpha value is -1.58. The van der Waals surface area contributed by atoms with Crippen molar-refractivity contribution in [3.05, 3.63) is 58.9 Å². The lowest BCUT2D eigenvalue weighted by Gasteiger charge is -2.11. The maximum absolute atomic E-state index is 5.73. The minimum Gasteiger partial charge on any atom is -0.464 e. The highest BCUT2D eigenvalue weighted by Crippen LogP contribution is 2.33. The summed E-state index contributed by atoms with van der Waals surface area (Å²) < 4.78 is 7.05. The van der Waals surface area contributed by atoms with Crippen LogP contribution in [0.2, 0.25) is 0 Å². The molecule has 1 N–H and O–H groups in total. The summed E-state index contributed by atoms with van der Waals surface area (Å²) in [4.78, 5) is 1.29. The quantitative estimate of drug-likeness (QED) is 0.763. The minimum atomic E-state index is 0.135. The number of hydrogen-bond donors (Lipinski definition) is 1. The molecule has 0 aliphatic carbocycles. The highest BCUT2D eigenvalue weighted by Gasteiger charge is 2.17. The van der Waals surface area contributed by atoms with Crippen molar-refractivity contribution in [2.45, 2.75) is 13.0 Å². The molecule has 1 aromatic carbocycles. The van der Waals surface area contributed by atoms with Gasteiger partial charge in [-0.25, -0.2) is 0 Å². The first kappa shape index (κ1) is 11.5. The van der Waals surface area contributed by atoms with Gasteiger partial charge in [0.2, 0.25) is 0 Å². The van der Waals surface area contributed by atoms with Gasteiger partial charge in [0.15, 0.2) is 0 Å². The zero-order valence-corrected chi connectivity index (χ0v) is 11.3. The standard InChI is InChI=1S/C15H15NOS/c1-10-7-8-12(17-10)15(16-2)14-9-11-5-3-4-6-13(11)18-14/h3-9,15-16H,1-2H3. The molecule has 0 saturated carbocycles. The van der Waals surface area contributed by atoms with Gasteiger partial charge in [-0.2, -0.15) is 0 Å². The van der Waals surface area contributed by atoms with E-state index in [9.17, 15) is 0 Å². The molecule has 92 valence electrons. The van der Waals surface area contributed by atoms with Crippen molar-refractivity contribution in [2.75, 3.05) is 7.05 Å². The highest BCUT2D eigenvalue weighted by molar-refractivity contribution is 7.19. The molecule has 0 saturated heterocycles. The first-order valence-electron chi connectivity index (χ1n) is 6.00. The number of hydrogen-bond acceptors (Lipinski definition) is 3. The van der Waals surface area contributed by atoms with Crippen LogP contribution < -0.4 is 5.32 Å². The van der Waals surface area contributed by atoms with Crippen LogP contribution in [0.25, 0.3) is 10.1 Å². The third-order valence-electron chi connectivity index (χ3n) is 3.06. The number of rotatable bonds is 3. The van der Waals surface area contributed by atoms with E-state index in [0.29, 0.717) is 0 Å². The van der Waals surface area contributed by atoms with Gasteiger partial charge >= 0.3 is 0 Å². The van der Waals surface area contributed by atoms with Gasteiger partial charge in [0.25, 0.3) is 0 Å². The Labute approximate surface area is 110 Å². The van der Waals surface area contributed by atoms with Crippen LogP contribution in [0.4, 0.5) is 0 Å². The van der Waals surface area contributed by atoms with Crippen LogP contribution in [0.15, 0.2) is 46.9 Å². The van der Waals surface area contributed by atoms with Crippen molar-refractivity contribution in [2.24, 2.45) is 0 Å². The molecule has 0 amide bonds. The van der Waals surface area contributed by atoms with E-state index in [-0.39, 0.29) is 6.04 Å². The second-order valence-electron chi connectivity index (χ2n) is 4.36. The van der Waals surface area contributed by atoms with Gasteiger partial charge in [-0.1, -0.05) is 18.2 Å². The Bertz CT molecular complexity index is 635. The molecule has 0 aliphatic rings. The Morgan fingerprint density at radius 2 is 2.00 bits per heavy atom. The summed E-state index contributed by atoms with van der Waals surface area (Å²) in [7, 11) is 1.97. The highest BCUT2D eigenvalue weighted by atomic mass is 32.1. The normalized spacial score (nSPS) is 13.0. The molecule has 0 bridgehead atoms. The van der Waals surface area contributed by atoms with Crippen LogP contribution in [0, 0.1) is 6.92 Å². The molecule has 0 fully saturated rings. The lowest BCUT2D eigenvalue weighted by Crippen LogP contribution is -2.15. The number of furan rings is 1. The van der Waals surface area contributed by atoms with Crippen molar-refractivity contribution in [1.29, 1.82) is 0 Å². The number of fused-ring (bicyclic) bond motifs is 1. The third-order valence-corrected chi connectivity index (χ3v) is 4.24. The third kappa shape index (κ3) is 1.96. The van der Waals surface area contributed by atoms with Crippen molar-refractivity contribution in [3.63, 3.8) is 0 Å². The van der Waals surface area contributed by atoms with Crippen LogP contribution in [-0.2, 0) is 0 Å². The smallest absolute Gasteiger partial charge is 0.126 e.